The van der Waals surface area contributed by atoms with Gasteiger partial charge in [0.1, 0.15) is 11.5 Å². The minimum Gasteiger partial charge on any atom is -0.481 e. The first kappa shape index (κ1) is 18.5. The van der Waals surface area contributed by atoms with Crippen LogP contribution in [0.3, 0.4) is 0 Å². The summed E-state index contributed by atoms with van der Waals surface area (Å²) in [4.78, 5) is 23.6. The molecule has 0 saturated carbocycles. The molecular weight excluding hydrogens is 354 g/mol. The number of amides is 1. The maximum Gasteiger partial charge on any atom is 0.303 e. The van der Waals surface area contributed by atoms with Crippen LogP contribution in [0.1, 0.15) is 65.5 Å². The quantitative estimate of drug-likeness (QED) is 0.748. The molecular formula is C23H25NO4. The maximum absolute atomic E-state index is 12.7. The van der Waals surface area contributed by atoms with Crippen LogP contribution in [0.2, 0.25) is 0 Å². The van der Waals surface area contributed by atoms with Gasteiger partial charge < -0.3 is 14.8 Å². The van der Waals surface area contributed by atoms with Crippen molar-refractivity contribution >= 4 is 29.2 Å². The van der Waals surface area contributed by atoms with E-state index < -0.39 is 5.97 Å². The lowest BCUT2D eigenvalue weighted by Crippen LogP contribution is -2.04. The van der Waals surface area contributed by atoms with Gasteiger partial charge in [-0.2, -0.15) is 0 Å². The molecule has 0 radical (unpaired) electrons. The topological polar surface area (TPSA) is 79.5 Å². The van der Waals surface area contributed by atoms with Gasteiger partial charge in [-0.25, -0.2) is 0 Å². The average Bonchev–Trinajstić information content (AvgIpc) is 3.18. The van der Waals surface area contributed by atoms with Crippen LogP contribution in [0.25, 0.3) is 11.6 Å². The van der Waals surface area contributed by atoms with Gasteiger partial charge in [-0.15, -0.1) is 0 Å². The first-order valence-corrected chi connectivity index (χ1v) is 10.0. The van der Waals surface area contributed by atoms with Crippen molar-refractivity contribution in [3.05, 3.63) is 51.5 Å². The molecule has 0 fully saturated rings. The molecule has 5 nitrogen and oxygen atoms in total. The van der Waals surface area contributed by atoms with E-state index in [1.165, 1.54) is 17.5 Å². The molecule has 5 heteroatoms. The van der Waals surface area contributed by atoms with E-state index >= 15 is 0 Å². The van der Waals surface area contributed by atoms with Gasteiger partial charge in [-0.1, -0.05) is 13.0 Å². The third-order valence-corrected chi connectivity index (χ3v) is 5.89. The van der Waals surface area contributed by atoms with Crippen LogP contribution in [0.4, 0.5) is 5.69 Å². The Kier molecular flexibility index (Phi) is 4.84. The van der Waals surface area contributed by atoms with E-state index in [1.807, 2.05) is 25.1 Å². The van der Waals surface area contributed by atoms with Crippen LogP contribution in [0.15, 0.2) is 16.5 Å². The Morgan fingerprint density at radius 3 is 2.82 bits per heavy atom. The lowest BCUT2D eigenvalue weighted by molar-refractivity contribution is -0.137. The summed E-state index contributed by atoms with van der Waals surface area (Å²) in [6, 6.07) is 3.77. The molecule has 2 N–H and O–H groups in total. The number of benzene rings is 1. The Labute approximate surface area is 164 Å². The largest absolute Gasteiger partial charge is 0.481 e. The summed E-state index contributed by atoms with van der Waals surface area (Å²) in [5.41, 5.74) is 6.70. The van der Waals surface area contributed by atoms with Gasteiger partial charge in [0, 0.05) is 29.7 Å². The summed E-state index contributed by atoms with van der Waals surface area (Å²) >= 11 is 0. The number of carbonyl (C=O) groups is 2. The van der Waals surface area contributed by atoms with Crippen LogP contribution in [0.5, 0.6) is 0 Å². The number of rotatable bonds is 5. The molecule has 0 unspecified atom stereocenters. The first-order chi connectivity index (χ1) is 13.5. The van der Waals surface area contributed by atoms with E-state index in [2.05, 4.69) is 12.2 Å². The van der Waals surface area contributed by atoms with Crippen LogP contribution < -0.4 is 5.32 Å². The molecule has 1 aliphatic carbocycles. The molecule has 1 aromatic carbocycles. The molecule has 1 aromatic heterocycles. The summed E-state index contributed by atoms with van der Waals surface area (Å²) in [5, 5.41) is 11.9. The SMILES string of the molecule is CCc1c(C=C2C(=O)Nc3ccc(CCC(=O)O)c(C)c32)oc2c1CCCC2. The number of hydrogen-bond donors (Lipinski definition) is 2. The smallest absolute Gasteiger partial charge is 0.303 e. The molecule has 0 saturated heterocycles. The zero-order chi connectivity index (χ0) is 19.8. The van der Waals surface area contributed by atoms with Gasteiger partial charge in [0.25, 0.3) is 5.91 Å². The van der Waals surface area contributed by atoms with Crippen molar-refractivity contribution < 1.29 is 19.1 Å². The van der Waals surface area contributed by atoms with Crippen molar-refractivity contribution in [2.45, 2.75) is 58.8 Å². The highest BCUT2D eigenvalue weighted by molar-refractivity contribution is 6.35. The minimum atomic E-state index is -0.821. The molecule has 2 aromatic rings. The molecule has 0 atom stereocenters. The second kappa shape index (κ2) is 7.30. The predicted octanol–water partition coefficient (Wildman–Crippen LogP) is 4.54. The van der Waals surface area contributed by atoms with Crippen LogP contribution in [-0.2, 0) is 35.3 Å². The van der Waals surface area contributed by atoms with Crippen molar-refractivity contribution in [3.8, 4) is 0 Å². The van der Waals surface area contributed by atoms with E-state index in [0.29, 0.717) is 12.0 Å². The zero-order valence-corrected chi connectivity index (χ0v) is 16.4. The highest BCUT2D eigenvalue weighted by atomic mass is 16.4. The number of carboxylic acids is 1. The van der Waals surface area contributed by atoms with E-state index in [1.54, 1.807) is 0 Å². The van der Waals surface area contributed by atoms with Crippen LogP contribution >= 0.6 is 0 Å². The fourth-order valence-corrected chi connectivity index (χ4v) is 4.45. The second-order valence-electron chi connectivity index (χ2n) is 7.59. The Morgan fingerprint density at radius 1 is 1.29 bits per heavy atom. The number of aryl methyl sites for hydroxylation is 2. The highest BCUT2D eigenvalue weighted by Gasteiger charge is 2.29. The number of carboxylic acid groups (broad SMARTS) is 1. The number of hydrogen-bond acceptors (Lipinski definition) is 3. The number of carbonyl (C=O) groups excluding carboxylic acids is 1. The number of aliphatic carboxylic acids is 1. The number of fused-ring (bicyclic) bond motifs is 2. The first-order valence-electron chi connectivity index (χ1n) is 10.0. The maximum atomic E-state index is 12.7. The fraction of sp³-hybridized carbons (Fsp3) is 0.391. The van der Waals surface area contributed by atoms with Gasteiger partial charge >= 0.3 is 5.97 Å². The minimum absolute atomic E-state index is 0.0743. The summed E-state index contributed by atoms with van der Waals surface area (Å²) in [6.45, 7) is 4.08. The fourth-order valence-electron chi connectivity index (χ4n) is 4.45. The lowest BCUT2D eigenvalue weighted by atomic mass is 9.92. The van der Waals surface area contributed by atoms with Crippen molar-refractivity contribution in [3.63, 3.8) is 0 Å². The van der Waals surface area contributed by atoms with Crippen molar-refractivity contribution in [1.29, 1.82) is 0 Å². The highest BCUT2D eigenvalue weighted by Crippen LogP contribution is 2.39. The summed E-state index contributed by atoms with van der Waals surface area (Å²) in [5.74, 6) is 0.909. The Morgan fingerprint density at radius 2 is 2.07 bits per heavy atom. The molecule has 1 amide bonds. The van der Waals surface area contributed by atoms with Gasteiger partial charge in [-0.3, -0.25) is 9.59 Å². The normalized spacial score (nSPS) is 16.8. The molecule has 2 heterocycles. The molecule has 146 valence electrons. The monoisotopic (exact) mass is 379 g/mol. The molecule has 4 rings (SSSR count). The third-order valence-electron chi connectivity index (χ3n) is 5.89. The Balaban J connectivity index is 1.78. The van der Waals surface area contributed by atoms with Gasteiger partial charge in [-0.05, 0) is 67.9 Å². The Hall–Kier alpha value is -2.82. The molecule has 0 spiro atoms. The molecule has 28 heavy (non-hydrogen) atoms. The predicted molar refractivity (Wildman–Crippen MR) is 108 cm³/mol. The Bertz CT molecular complexity index is 997. The van der Waals surface area contributed by atoms with Crippen molar-refractivity contribution in [1.82, 2.24) is 0 Å². The van der Waals surface area contributed by atoms with Crippen molar-refractivity contribution in [2.24, 2.45) is 0 Å². The standard InChI is InChI=1S/C23H25NO4/c1-3-15-16-6-4-5-7-19(16)28-20(15)12-17-22-13(2)14(9-11-21(25)26)8-10-18(22)24-23(17)27/h8,10,12H,3-7,9,11H2,1-2H3,(H,24,27)(H,25,26). The summed E-state index contributed by atoms with van der Waals surface area (Å²) < 4.78 is 6.17. The third kappa shape index (κ3) is 3.15. The van der Waals surface area contributed by atoms with Crippen LogP contribution in [0, 0.1) is 6.92 Å². The summed E-state index contributed by atoms with van der Waals surface area (Å²) in [6.07, 6.45) is 7.63. The van der Waals surface area contributed by atoms with E-state index in [9.17, 15) is 9.59 Å². The molecule has 2 aliphatic rings. The van der Waals surface area contributed by atoms with Gasteiger partial charge in [0.05, 0.1) is 5.57 Å². The molecule has 0 bridgehead atoms. The van der Waals surface area contributed by atoms with Crippen molar-refractivity contribution in [2.75, 3.05) is 5.32 Å². The zero-order valence-electron chi connectivity index (χ0n) is 16.4. The van der Waals surface area contributed by atoms with E-state index in [0.717, 1.165) is 59.6 Å². The summed E-state index contributed by atoms with van der Waals surface area (Å²) in [7, 11) is 0. The number of anilines is 1. The number of nitrogens with one attached hydrogen (secondary N) is 1. The van der Waals surface area contributed by atoms with Gasteiger partial charge in [0.15, 0.2) is 0 Å². The van der Waals surface area contributed by atoms with E-state index in [4.69, 9.17) is 9.52 Å². The van der Waals surface area contributed by atoms with Gasteiger partial charge in [0.2, 0.25) is 0 Å². The molecule has 1 aliphatic heterocycles. The number of furan rings is 1. The van der Waals surface area contributed by atoms with E-state index in [-0.39, 0.29) is 12.3 Å². The lowest BCUT2D eigenvalue weighted by Gasteiger charge is -2.10. The average molecular weight is 379 g/mol. The second-order valence-corrected chi connectivity index (χ2v) is 7.59. The van der Waals surface area contributed by atoms with Crippen LogP contribution in [-0.4, -0.2) is 17.0 Å².